The highest BCUT2D eigenvalue weighted by atomic mass is 16.6. The van der Waals surface area contributed by atoms with Crippen molar-refractivity contribution in [3.63, 3.8) is 0 Å². The molecule has 0 heterocycles. The number of anilines is 1. The van der Waals surface area contributed by atoms with Gasteiger partial charge in [-0.05, 0) is 24.7 Å². The van der Waals surface area contributed by atoms with Gasteiger partial charge in [-0.1, -0.05) is 30.3 Å². The van der Waals surface area contributed by atoms with Crippen LogP contribution in [-0.2, 0) is 11.3 Å². The molecule has 0 saturated heterocycles. The third kappa shape index (κ3) is 5.81. The third-order valence-electron chi connectivity index (χ3n) is 3.64. The van der Waals surface area contributed by atoms with E-state index in [4.69, 9.17) is 0 Å². The number of ketones is 1. The lowest BCUT2D eigenvalue weighted by Crippen LogP contribution is -2.24. The Morgan fingerprint density at radius 2 is 1.79 bits per heavy atom. The molecule has 0 aliphatic rings. The quantitative estimate of drug-likeness (QED) is 0.566. The number of hydrogen-bond donors (Lipinski definition) is 1. The summed E-state index contributed by atoms with van der Waals surface area (Å²) in [6.45, 7) is 1.72. The van der Waals surface area contributed by atoms with E-state index in [1.165, 1.54) is 17.7 Å². The van der Waals surface area contributed by atoms with Crippen molar-refractivity contribution in [2.75, 3.05) is 25.5 Å². The Morgan fingerprint density at radius 1 is 1.12 bits per heavy atom. The van der Waals surface area contributed by atoms with Crippen LogP contribution in [0.25, 0.3) is 0 Å². The van der Waals surface area contributed by atoms with E-state index in [1.807, 2.05) is 25.2 Å². The summed E-state index contributed by atoms with van der Waals surface area (Å²) < 4.78 is 0. The Bertz CT molecular complexity index is 672. The lowest BCUT2D eigenvalue weighted by molar-refractivity contribution is -0.384. The number of hydrogen-bond acceptors (Lipinski definition) is 5. The zero-order valence-corrected chi connectivity index (χ0v) is 13.6. The van der Waals surface area contributed by atoms with E-state index in [1.54, 1.807) is 12.1 Å². The Balaban J connectivity index is 1.70. The second-order valence-corrected chi connectivity index (χ2v) is 5.67. The molecule has 0 aliphatic heterocycles. The van der Waals surface area contributed by atoms with Gasteiger partial charge in [-0.15, -0.1) is 0 Å². The highest BCUT2D eigenvalue weighted by molar-refractivity contribution is 5.83. The van der Waals surface area contributed by atoms with E-state index in [0.29, 0.717) is 18.7 Å². The summed E-state index contributed by atoms with van der Waals surface area (Å²) in [5.74, 6) is 0.105. The summed E-state index contributed by atoms with van der Waals surface area (Å²) in [5, 5.41) is 13.6. The molecule has 0 aromatic heterocycles. The lowest BCUT2D eigenvalue weighted by atomic mass is 10.2. The summed E-state index contributed by atoms with van der Waals surface area (Å²) in [5.41, 5.74) is 1.96. The molecule has 0 fully saturated rings. The van der Waals surface area contributed by atoms with Crippen molar-refractivity contribution in [2.24, 2.45) is 0 Å². The van der Waals surface area contributed by atoms with Crippen LogP contribution in [0.1, 0.15) is 12.0 Å². The van der Waals surface area contributed by atoms with Gasteiger partial charge in [-0.3, -0.25) is 14.9 Å². The average molecular weight is 327 g/mol. The summed E-state index contributed by atoms with van der Waals surface area (Å²) >= 11 is 0. The number of benzene rings is 2. The van der Waals surface area contributed by atoms with Crippen LogP contribution in [0.2, 0.25) is 0 Å². The van der Waals surface area contributed by atoms with Crippen molar-refractivity contribution >= 4 is 17.2 Å². The molecule has 24 heavy (non-hydrogen) atoms. The summed E-state index contributed by atoms with van der Waals surface area (Å²) in [4.78, 5) is 24.2. The van der Waals surface area contributed by atoms with Gasteiger partial charge >= 0.3 is 0 Å². The molecule has 0 unspecified atom stereocenters. The number of nitro groups is 1. The molecule has 6 nitrogen and oxygen atoms in total. The summed E-state index contributed by atoms with van der Waals surface area (Å²) in [7, 11) is 1.99. The average Bonchev–Trinajstić information content (AvgIpc) is 2.59. The number of carbonyl (C=O) groups is 1. The molecule has 2 rings (SSSR count). The SMILES string of the molecule is CN(CCC(=O)CNc1ccc([N+](=O)[O-])cc1)Cc1ccccc1. The minimum absolute atomic E-state index is 0.0365. The van der Waals surface area contributed by atoms with Crippen molar-refractivity contribution in [1.82, 2.24) is 4.90 Å². The van der Waals surface area contributed by atoms with Gasteiger partial charge in [-0.25, -0.2) is 0 Å². The van der Waals surface area contributed by atoms with Crippen molar-refractivity contribution < 1.29 is 9.72 Å². The van der Waals surface area contributed by atoms with Gasteiger partial charge in [0.2, 0.25) is 0 Å². The molecule has 0 saturated carbocycles. The van der Waals surface area contributed by atoms with Crippen LogP contribution in [-0.4, -0.2) is 35.7 Å². The molecule has 0 spiro atoms. The van der Waals surface area contributed by atoms with Crippen LogP contribution in [0.3, 0.4) is 0 Å². The highest BCUT2D eigenvalue weighted by Gasteiger charge is 2.07. The number of nitrogens with zero attached hydrogens (tertiary/aromatic N) is 2. The number of non-ortho nitro benzene ring substituents is 1. The van der Waals surface area contributed by atoms with E-state index in [0.717, 1.165) is 6.54 Å². The second-order valence-electron chi connectivity index (χ2n) is 5.67. The van der Waals surface area contributed by atoms with E-state index >= 15 is 0 Å². The topological polar surface area (TPSA) is 75.5 Å². The molecular formula is C18H21N3O3. The molecular weight excluding hydrogens is 306 g/mol. The van der Waals surface area contributed by atoms with E-state index in [-0.39, 0.29) is 18.0 Å². The van der Waals surface area contributed by atoms with E-state index < -0.39 is 4.92 Å². The molecule has 0 radical (unpaired) electrons. The maximum atomic E-state index is 12.0. The second kappa shape index (κ2) is 8.79. The molecule has 2 aromatic rings. The van der Waals surface area contributed by atoms with Gasteiger partial charge in [0.05, 0.1) is 11.5 Å². The van der Waals surface area contributed by atoms with Gasteiger partial charge in [-0.2, -0.15) is 0 Å². The summed E-state index contributed by atoms with van der Waals surface area (Å²) in [6.07, 6.45) is 0.462. The van der Waals surface area contributed by atoms with Gasteiger partial charge in [0.25, 0.3) is 5.69 Å². The predicted molar refractivity (Wildman–Crippen MR) is 94.0 cm³/mol. The van der Waals surface area contributed by atoms with Crippen LogP contribution in [0.4, 0.5) is 11.4 Å². The van der Waals surface area contributed by atoms with Crippen LogP contribution in [0.5, 0.6) is 0 Å². The van der Waals surface area contributed by atoms with E-state index in [2.05, 4.69) is 22.3 Å². The standard InChI is InChI=1S/C18H21N3O3/c1-20(14-15-5-3-2-4-6-15)12-11-18(22)13-19-16-7-9-17(10-8-16)21(23)24/h2-10,19H,11-14H2,1H3. The monoisotopic (exact) mass is 327 g/mol. The minimum Gasteiger partial charge on any atom is -0.378 e. The minimum atomic E-state index is -0.447. The fourth-order valence-corrected chi connectivity index (χ4v) is 2.28. The Labute approximate surface area is 141 Å². The van der Waals surface area contributed by atoms with Crippen molar-refractivity contribution in [2.45, 2.75) is 13.0 Å². The molecule has 0 amide bonds. The van der Waals surface area contributed by atoms with Crippen LogP contribution >= 0.6 is 0 Å². The van der Waals surface area contributed by atoms with Gasteiger partial charge in [0.15, 0.2) is 5.78 Å². The highest BCUT2D eigenvalue weighted by Crippen LogP contribution is 2.15. The first-order chi connectivity index (χ1) is 11.5. The van der Waals surface area contributed by atoms with Crippen LogP contribution < -0.4 is 5.32 Å². The molecule has 2 aromatic carbocycles. The van der Waals surface area contributed by atoms with Gasteiger partial charge in [0, 0.05) is 37.3 Å². The number of nitrogens with one attached hydrogen (secondary N) is 1. The maximum absolute atomic E-state index is 12.0. The zero-order valence-electron chi connectivity index (χ0n) is 13.6. The Kier molecular flexibility index (Phi) is 6.45. The maximum Gasteiger partial charge on any atom is 0.269 e. The van der Waals surface area contributed by atoms with Gasteiger partial charge in [0.1, 0.15) is 0 Å². The number of nitro benzene ring substituents is 1. The number of carbonyl (C=O) groups excluding carboxylic acids is 1. The van der Waals surface area contributed by atoms with Crippen molar-refractivity contribution in [3.05, 3.63) is 70.3 Å². The normalized spacial score (nSPS) is 10.6. The molecule has 0 aliphatic carbocycles. The Morgan fingerprint density at radius 3 is 2.42 bits per heavy atom. The fraction of sp³-hybridized carbons (Fsp3) is 0.278. The first-order valence-corrected chi connectivity index (χ1v) is 7.77. The Hall–Kier alpha value is -2.73. The summed E-state index contributed by atoms with van der Waals surface area (Å²) in [6, 6.07) is 16.2. The first-order valence-electron chi connectivity index (χ1n) is 7.77. The lowest BCUT2D eigenvalue weighted by Gasteiger charge is -2.16. The molecule has 0 bridgehead atoms. The molecule has 6 heteroatoms. The largest absolute Gasteiger partial charge is 0.378 e. The zero-order chi connectivity index (χ0) is 17.4. The van der Waals surface area contributed by atoms with Crippen molar-refractivity contribution in [1.29, 1.82) is 0 Å². The van der Waals surface area contributed by atoms with E-state index in [9.17, 15) is 14.9 Å². The van der Waals surface area contributed by atoms with Crippen molar-refractivity contribution in [3.8, 4) is 0 Å². The van der Waals surface area contributed by atoms with Crippen LogP contribution in [0, 0.1) is 10.1 Å². The third-order valence-corrected chi connectivity index (χ3v) is 3.64. The molecule has 126 valence electrons. The number of rotatable bonds is 9. The first kappa shape index (κ1) is 17.6. The molecule has 0 atom stereocenters. The predicted octanol–water partition coefficient (Wildman–Crippen LogP) is 3.10. The molecule has 1 N–H and O–H groups in total. The van der Waals surface area contributed by atoms with Crippen LogP contribution in [0.15, 0.2) is 54.6 Å². The smallest absolute Gasteiger partial charge is 0.269 e. The number of Topliss-reactive ketones (excluding diaryl/α,β-unsaturated/α-hetero) is 1. The van der Waals surface area contributed by atoms with Gasteiger partial charge < -0.3 is 10.2 Å². The fourth-order valence-electron chi connectivity index (χ4n) is 2.28.